The predicted octanol–water partition coefficient (Wildman–Crippen LogP) is 7.17. The zero-order chi connectivity index (χ0) is 26.5. The first kappa shape index (κ1) is 25.7. The van der Waals surface area contributed by atoms with E-state index in [0.717, 1.165) is 0 Å². The molecule has 0 bridgehead atoms. The summed E-state index contributed by atoms with van der Waals surface area (Å²) in [5.74, 6) is -14.4. The maximum atomic E-state index is 14.7. The molecule has 0 aromatic heterocycles. The molecule has 0 aliphatic rings. The average Bonchev–Trinajstić information content (AvgIpc) is 2.70. The van der Waals surface area contributed by atoms with Gasteiger partial charge in [-0.25, -0.2) is 22.0 Å². The first-order chi connectivity index (χ1) is 16.0. The Morgan fingerprint density at radius 1 is 0.514 bits per heavy atom. The van der Waals surface area contributed by atoms with Gasteiger partial charge < -0.3 is 20.9 Å². The Hall–Kier alpha value is -3.91. The van der Waals surface area contributed by atoms with Gasteiger partial charge in [-0.1, -0.05) is 0 Å². The lowest BCUT2D eigenvalue weighted by Gasteiger charge is -2.22. The Balaban J connectivity index is 2.28. The molecule has 0 radical (unpaired) electrons. The first-order valence-corrected chi connectivity index (χ1v) is 8.86. The minimum atomic E-state index is -5.99. The van der Waals surface area contributed by atoms with Crippen LogP contribution in [0.1, 0.15) is 11.1 Å². The molecule has 188 valence electrons. The minimum Gasteiger partial charge on any atom is -0.456 e. The second-order valence-corrected chi connectivity index (χ2v) is 6.75. The standard InChI is InChI=1S/C20H9F11N2O2/c21-8-1-6(3-10(32)16(8)23)34-12-5-13(35-7-2-9(22)17(24)11(33)4-7)18(25)15(20(29,30)31)14(12)19(26,27)28/h1-5H,32-33H2. The fraction of sp³-hybridized carbons (Fsp3) is 0.100. The number of nitrogens with two attached hydrogens (primary N) is 2. The Kier molecular flexibility index (Phi) is 6.39. The minimum absolute atomic E-state index is 0.0116. The lowest BCUT2D eigenvalue weighted by molar-refractivity contribution is -0.164. The lowest BCUT2D eigenvalue weighted by atomic mass is 10.0. The summed E-state index contributed by atoms with van der Waals surface area (Å²) in [6.45, 7) is 0. The van der Waals surface area contributed by atoms with Crippen LogP contribution in [0, 0.1) is 29.1 Å². The second kappa shape index (κ2) is 8.70. The van der Waals surface area contributed by atoms with Crippen LogP contribution in [0.4, 0.5) is 59.7 Å². The van der Waals surface area contributed by atoms with Crippen molar-refractivity contribution in [3.05, 3.63) is 70.5 Å². The van der Waals surface area contributed by atoms with Crippen molar-refractivity contribution >= 4 is 11.4 Å². The molecular weight excluding hydrogens is 509 g/mol. The van der Waals surface area contributed by atoms with Gasteiger partial charge in [0.05, 0.1) is 11.4 Å². The fourth-order valence-electron chi connectivity index (χ4n) is 2.85. The van der Waals surface area contributed by atoms with Crippen LogP contribution in [0.2, 0.25) is 0 Å². The van der Waals surface area contributed by atoms with Crippen molar-refractivity contribution in [1.29, 1.82) is 0 Å². The molecule has 4 nitrogen and oxygen atoms in total. The highest BCUT2D eigenvalue weighted by Crippen LogP contribution is 2.50. The number of rotatable bonds is 4. The number of benzene rings is 3. The zero-order valence-electron chi connectivity index (χ0n) is 16.5. The third kappa shape index (κ3) is 5.12. The van der Waals surface area contributed by atoms with Crippen molar-refractivity contribution in [2.45, 2.75) is 12.4 Å². The Morgan fingerprint density at radius 2 is 0.914 bits per heavy atom. The molecule has 0 heterocycles. The van der Waals surface area contributed by atoms with E-state index in [0.29, 0.717) is 12.1 Å². The number of anilines is 2. The summed E-state index contributed by atoms with van der Waals surface area (Å²) in [6.07, 6.45) is -11.9. The molecule has 0 atom stereocenters. The average molecular weight is 518 g/mol. The summed E-state index contributed by atoms with van der Waals surface area (Å²) in [7, 11) is 0. The summed E-state index contributed by atoms with van der Waals surface area (Å²) in [5.41, 5.74) is 2.81. The SMILES string of the molecule is Nc1cc(Oc2cc(Oc3cc(N)c(F)c(F)c3)c(C(F)(F)F)c(C(F)(F)F)c2F)cc(F)c1F. The van der Waals surface area contributed by atoms with Crippen molar-refractivity contribution in [3.63, 3.8) is 0 Å². The van der Waals surface area contributed by atoms with Gasteiger partial charge in [0, 0.05) is 30.3 Å². The van der Waals surface area contributed by atoms with E-state index in [1.54, 1.807) is 0 Å². The van der Waals surface area contributed by atoms with Crippen LogP contribution in [0.25, 0.3) is 0 Å². The molecule has 3 aromatic rings. The van der Waals surface area contributed by atoms with Crippen LogP contribution in [0.15, 0.2) is 30.3 Å². The highest BCUT2D eigenvalue weighted by molar-refractivity contribution is 5.55. The van der Waals surface area contributed by atoms with Crippen LogP contribution < -0.4 is 20.9 Å². The van der Waals surface area contributed by atoms with E-state index in [2.05, 4.69) is 4.74 Å². The number of alkyl halides is 6. The summed E-state index contributed by atoms with van der Waals surface area (Å²) in [6, 6.07) is 1.35. The van der Waals surface area contributed by atoms with Gasteiger partial charge in [0.2, 0.25) is 0 Å². The third-order valence-corrected chi connectivity index (χ3v) is 4.28. The number of hydrogen-bond acceptors (Lipinski definition) is 4. The van der Waals surface area contributed by atoms with Crippen molar-refractivity contribution in [3.8, 4) is 23.0 Å². The van der Waals surface area contributed by atoms with Crippen molar-refractivity contribution in [2.24, 2.45) is 0 Å². The van der Waals surface area contributed by atoms with E-state index in [1.165, 1.54) is 0 Å². The Labute approximate surface area is 187 Å². The molecule has 0 spiro atoms. The smallest absolute Gasteiger partial charge is 0.420 e. The maximum absolute atomic E-state index is 14.7. The molecule has 0 unspecified atom stereocenters. The van der Waals surface area contributed by atoms with Crippen molar-refractivity contribution in [2.75, 3.05) is 11.5 Å². The molecule has 3 aromatic carbocycles. The predicted molar refractivity (Wildman–Crippen MR) is 98.1 cm³/mol. The molecule has 15 heteroatoms. The van der Waals surface area contributed by atoms with Gasteiger partial charge in [0.15, 0.2) is 34.8 Å². The summed E-state index contributed by atoms with van der Waals surface area (Å²) in [4.78, 5) is 0. The zero-order valence-corrected chi connectivity index (χ0v) is 16.5. The molecular formula is C20H9F11N2O2. The number of hydrogen-bond donors (Lipinski definition) is 2. The molecule has 0 aliphatic carbocycles. The van der Waals surface area contributed by atoms with E-state index in [1.807, 2.05) is 0 Å². The molecule has 35 heavy (non-hydrogen) atoms. The highest BCUT2D eigenvalue weighted by atomic mass is 19.4. The molecule has 0 saturated heterocycles. The number of ether oxygens (including phenoxy) is 2. The fourth-order valence-corrected chi connectivity index (χ4v) is 2.85. The third-order valence-electron chi connectivity index (χ3n) is 4.28. The molecule has 0 aliphatic heterocycles. The largest absolute Gasteiger partial charge is 0.456 e. The summed E-state index contributed by atoms with van der Waals surface area (Å²) >= 11 is 0. The van der Waals surface area contributed by atoms with Crippen molar-refractivity contribution in [1.82, 2.24) is 0 Å². The molecule has 3 rings (SSSR count). The van der Waals surface area contributed by atoms with Gasteiger partial charge in [0.1, 0.15) is 28.4 Å². The van der Waals surface area contributed by atoms with Gasteiger partial charge in [-0.2, -0.15) is 26.3 Å². The van der Waals surface area contributed by atoms with Crippen LogP contribution in [-0.2, 0) is 12.4 Å². The lowest BCUT2D eigenvalue weighted by Crippen LogP contribution is -2.20. The van der Waals surface area contributed by atoms with E-state index in [4.69, 9.17) is 16.2 Å². The van der Waals surface area contributed by atoms with Crippen LogP contribution in [0.3, 0.4) is 0 Å². The molecule has 0 amide bonds. The summed E-state index contributed by atoms with van der Waals surface area (Å²) < 4.78 is 159. The topological polar surface area (TPSA) is 70.5 Å². The van der Waals surface area contributed by atoms with E-state index in [9.17, 15) is 48.3 Å². The van der Waals surface area contributed by atoms with Gasteiger partial charge in [-0.3, -0.25) is 0 Å². The van der Waals surface area contributed by atoms with E-state index < -0.39 is 86.9 Å². The quantitative estimate of drug-likeness (QED) is 0.284. The Morgan fingerprint density at radius 3 is 1.29 bits per heavy atom. The normalized spacial score (nSPS) is 12.1. The summed E-state index contributed by atoms with van der Waals surface area (Å²) in [5, 5.41) is 0. The monoisotopic (exact) mass is 518 g/mol. The Bertz CT molecular complexity index is 1260. The molecule has 0 saturated carbocycles. The van der Waals surface area contributed by atoms with Gasteiger partial charge in [-0.15, -0.1) is 0 Å². The van der Waals surface area contributed by atoms with E-state index in [-0.39, 0.29) is 18.2 Å². The number of halogens is 11. The van der Waals surface area contributed by atoms with Crippen LogP contribution in [-0.4, -0.2) is 0 Å². The highest BCUT2D eigenvalue weighted by Gasteiger charge is 2.49. The maximum Gasteiger partial charge on any atom is 0.420 e. The molecule has 0 fully saturated rings. The second-order valence-electron chi connectivity index (χ2n) is 6.75. The first-order valence-electron chi connectivity index (χ1n) is 8.86. The number of nitrogen functional groups attached to an aromatic ring is 2. The van der Waals surface area contributed by atoms with Crippen LogP contribution >= 0.6 is 0 Å². The van der Waals surface area contributed by atoms with E-state index >= 15 is 0 Å². The molecule has 4 N–H and O–H groups in total. The van der Waals surface area contributed by atoms with Gasteiger partial charge in [0.25, 0.3) is 0 Å². The van der Waals surface area contributed by atoms with Gasteiger partial charge in [-0.05, 0) is 0 Å². The van der Waals surface area contributed by atoms with Crippen LogP contribution in [0.5, 0.6) is 23.0 Å². The van der Waals surface area contributed by atoms with Gasteiger partial charge >= 0.3 is 12.4 Å². The van der Waals surface area contributed by atoms with Crippen molar-refractivity contribution < 1.29 is 57.8 Å².